The van der Waals surface area contributed by atoms with Gasteiger partial charge >= 0.3 is 0 Å². The highest BCUT2D eigenvalue weighted by molar-refractivity contribution is 6.37. The van der Waals surface area contributed by atoms with Crippen molar-refractivity contribution < 1.29 is 4.79 Å². The quantitative estimate of drug-likeness (QED) is 0.538. The number of amides is 1. The molecule has 0 aliphatic rings. The Labute approximate surface area is 87.5 Å². The molecule has 1 aromatic carbocycles. The molecule has 0 heterocycles. The smallest absolute Gasteiger partial charge is 0.283 e. The first kappa shape index (κ1) is 10.9. The molecular formula is C10H12N4O. The number of nitrogens with zero attached hydrogens (tertiary/aromatic N) is 2. The normalized spacial score (nSPS) is 11.9. The highest BCUT2D eigenvalue weighted by atomic mass is 16.1. The van der Waals surface area contributed by atoms with Gasteiger partial charge in [0.15, 0.2) is 5.84 Å². The summed E-state index contributed by atoms with van der Waals surface area (Å²) in [5.41, 5.74) is 11.1. The minimum Gasteiger partial charge on any atom is -0.379 e. The summed E-state index contributed by atoms with van der Waals surface area (Å²) in [7, 11) is 0. The van der Waals surface area contributed by atoms with Crippen molar-refractivity contribution in [2.24, 2.45) is 21.5 Å². The van der Waals surface area contributed by atoms with Gasteiger partial charge in [-0.05, 0) is 5.56 Å². The monoisotopic (exact) mass is 204 g/mol. The van der Waals surface area contributed by atoms with E-state index in [-0.39, 0.29) is 5.84 Å². The summed E-state index contributed by atoms with van der Waals surface area (Å²) >= 11 is 0. The first-order valence-electron chi connectivity index (χ1n) is 4.35. The number of amidine groups is 1. The molecule has 0 aliphatic carbocycles. The van der Waals surface area contributed by atoms with Gasteiger partial charge in [0.25, 0.3) is 5.91 Å². The fourth-order valence-electron chi connectivity index (χ4n) is 0.896. The topological polar surface area (TPSA) is 93.8 Å². The Bertz CT molecular complexity index is 384. The summed E-state index contributed by atoms with van der Waals surface area (Å²) in [6.45, 7) is 0.496. The molecule has 15 heavy (non-hydrogen) atoms. The van der Waals surface area contributed by atoms with E-state index in [1.807, 2.05) is 30.3 Å². The van der Waals surface area contributed by atoms with Gasteiger partial charge < -0.3 is 11.5 Å². The predicted molar refractivity (Wildman–Crippen MR) is 59.5 cm³/mol. The SMILES string of the molecule is NC(=O)C(N)=NC=NCc1ccccc1. The summed E-state index contributed by atoms with van der Waals surface area (Å²) in [6.07, 6.45) is 1.23. The van der Waals surface area contributed by atoms with Gasteiger partial charge in [0.2, 0.25) is 0 Å². The van der Waals surface area contributed by atoms with Crippen LogP contribution in [0.4, 0.5) is 0 Å². The molecule has 1 amide bonds. The van der Waals surface area contributed by atoms with Crippen molar-refractivity contribution in [2.75, 3.05) is 0 Å². The first-order chi connectivity index (χ1) is 7.20. The summed E-state index contributed by atoms with van der Waals surface area (Å²) in [5.74, 6) is -0.993. The van der Waals surface area contributed by atoms with E-state index in [2.05, 4.69) is 9.98 Å². The van der Waals surface area contributed by atoms with Crippen molar-refractivity contribution in [2.45, 2.75) is 6.54 Å². The molecule has 0 saturated heterocycles. The number of rotatable bonds is 3. The molecule has 0 radical (unpaired) electrons. The minimum absolute atomic E-state index is 0.244. The lowest BCUT2D eigenvalue weighted by Gasteiger charge is -1.93. The first-order valence-corrected chi connectivity index (χ1v) is 4.35. The van der Waals surface area contributed by atoms with E-state index in [0.29, 0.717) is 6.54 Å². The fourth-order valence-corrected chi connectivity index (χ4v) is 0.896. The molecule has 0 bridgehead atoms. The zero-order valence-corrected chi connectivity index (χ0v) is 8.13. The van der Waals surface area contributed by atoms with Crippen LogP contribution >= 0.6 is 0 Å². The molecular weight excluding hydrogens is 192 g/mol. The van der Waals surface area contributed by atoms with Gasteiger partial charge in [-0.15, -0.1) is 0 Å². The van der Waals surface area contributed by atoms with E-state index < -0.39 is 5.91 Å². The van der Waals surface area contributed by atoms with Crippen LogP contribution in [0.2, 0.25) is 0 Å². The molecule has 0 atom stereocenters. The number of benzene rings is 1. The highest BCUT2D eigenvalue weighted by Gasteiger charge is 1.96. The molecule has 0 spiro atoms. The molecule has 0 fully saturated rings. The van der Waals surface area contributed by atoms with Crippen LogP contribution in [0.1, 0.15) is 5.56 Å². The molecule has 0 aromatic heterocycles. The van der Waals surface area contributed by atoms with Crippen molar-refractivity contribution in [3.05, 3.63) is 35.9 Å². The zero-order chi connectivity index (χ0) is 11.1. The van der Waals surface area contributed by atoms with Crippen LogP contribution in [-0.2, 0) is 11.3 Å². The Balaban J connectivity index is 2.48. The standard InChI is InChI=1S/C10H12N4O/c11-9(10(12)15)14-7-13-6-8-4-2-1-3-5-8/h1-5,7H,6H2,(H2,12,15)(H2,11,13,14). The third-order valence-corrected chi connectivity index (χ3v) is 1.65. The molecule has 4 N–H and O–H groups in total. The maximum Gasteiger partial charge on any atom is 0.283 e. The van der Waals surface area contributed by atoms with Gasteiger partial charge in [0.05, 0.1) is 6.54 Å². The largest absolute Gasteiger partial charge is 0.379 e. The number of aliphatic imine (C=N–C) groups is 2. The molecule has 0 aliphatic heterocycles. The number of carbonyl (C=O) groups excluding carboxylic acids is 1. The summed E-state index contributed by atoms with van der Waals surface area (Å²) in [6, 6.07) is 9.66. The third kappa shape index (κ3) is 4.04. The fraction of sp³-hybridized carbons (Fsp3) is 0.100. The van der Waals surface area contributed by atoms with Crippen molar-refractivity contribution in [1.29, 1.82) is 0 Å². The number of hydrogen-bond donors (Lipinski definition) is 2. The molecule has 78 valence electrons. The van der Waals surface area contributed by atoms with Gasteiger partial charge in [-0.25, -0.2) is 4.99 Å². The van der Waals surface area contributed by atoms with Crippen LogP contribution in [-0.4, -0.2) is 18.1 Å². The molecule has 5 nitrogen and oxygen atoms in total. The predicted octanol–water partition coefficient (Wildman–Crippen LogP) is 0.0574. The highest BCUT2D eigenvalue weighted by Crippen LogP contribution is 1.99. The van der Waals surface area contributed by atoms with Gasteiger partial charge in [-0.3, -0.25) is 9.79 Å². The van der Waals surface area contributed by atoms with Crippen LogP contribution in [0.15, 0.2) is 40.3 Å². The van der Waals surface area contributed by atoms with Crippen LogP contribution < -0.4 is 11.5 Å². The van der Waals surface area contributed by atoms with E-state index in [1.165, 1.54) is 6.34 Å². The number of primary amides is 1. The van der Waals surface area contributed by atoms with Crippen LogP contribution in [0, 0.1) is 0 Å². The van der Waals surface area contributed by atoms with Crippen LogP contribution in [0.3, 0.4) is 0 Å². The Hall–Kier alpha value is -2.17. The summed E-state index contributed by atoms with van der Waals surface area (Å²) < 4.78 is 0. The third-order valence-electron chi connectivity index (χ3n) is 1.65. The lowest BCUT2D eigenvalue weighted by atomic mass is 10.2. The Morgan fingerprint density at radius 3 is 2.53 bits per heavy atom. The van der Waals surface area contributed by atoms with E-state index in [0.717, 1.165) is 5.56 Å². The average molecular weight is 204 g/mol. The lowest BCUT2D eigenvalue weighted by molar-refractivity contribution is -0.112. The van der Waals surface area contributed by atoms with E-state index in [4.69, 9.17) is 11.5 Å². The van der Waals surface area contributed by atoms with Crippen LogP contribution in [0.5, 0.6) is 0 Å². The Morgan fingerprint density at radius 2 is 1.93 bits per heavy atom. The lowest BCUT2D eigenvalue weighted by Crippen LogP contribution is -2.30. The van der Waals surface area contributed by atoms with E-state index in [1.54, 1.807) is 0 Å². The second-order valence-corrected chi connectivity index (χ2v) is 2.82. The van der Waals surface area contributed by atoms with Gasteiger partial charge in [-0.1, -0.05) is 30.3 Å². The Kier molecular flexibility index (Phi) is 4.03. The van der Waals surface area contributed by atoms with E-state index in [9.17, 15) is 4.79 Å². The van der Waals surface area contributed by atoms with Crippen molar-refractivity contribution in [1.82, 2.24) is 0 Å². The van der Waals surface area contributed by atoms with Gasteiger partial charge in [0, 0.05) is 0 Å². The molecule has 0 saturated carbocycles. The molecule has 1 rings (SSSR count). The number of hydrogen-bond acceptors (Lipinski definition) is 2. The number of nitrogens with two attached hydrogens (primary N) is 2. The Morgan fingerprint density at radius 1 is 1.27 bits per heavy atom. The van der Waals surface area contributed by atoms with Crippen molar-refractivity contribution in [3.63, 3.8) is 0 Å². The minimum atomic E-state index is -0.749. The van der Waals surface area contributed by atoms with Crippen molar-refractivity contribution in [3.8, 4) is 0 Å². The maximum atomic E-state index is 10.5. The maximum absolute atomic E-state index is 10.5. The van der Waals surface area contributed by atoms with Crippen molar-refractivity contribution >= 4 is 18.1 Å². The van der Waals surface area contributed by atoms with E-state index >= 15 is 0 Å². The summed E-state index contributed by atoms with van der Waals surface area (Å²) in [5, 5.41) is 0. The average Bonchev–Trinajstić information content (AvgIpc) is 2.25. The second-order valence-electron chi connectivity index (χ2n) is 2.82. The zero-order valence-electron chi connectivity index (χ0n) is 8.13. The van der Waals surface area contributed by atoms with Crippen LogP contribution in [0.25, 0.3) is 0 Å². The summed E-state index contributed by atoms with van der Waals surface area (Å²) in [4.78, 5) is 18.0. The van der Waals surface area contributed by atoms with Gasteiger partial charge in [-0.2, -0.15) is 0 Å². The molecule has 5 heteroatoms. The van der Waals surface area contributed by atoms with Gasteiger partial charge in [0.1, 0.15) is 6.34 Å². The molecule has 1 aromatic rings. The number of carbonyl (C=O) groups is 1. The second kappa shape index (κ2) is 5.54. The molecule has 0 unspecified atom stereocenters.